The molecule has 0 amide bonds. The highest BCUT2D eigenvalue weighted by atomic mass is 16.4. The Labute approximate surface area is 115 Å². The van der Waals surface area contributed by atoms with E-state index in [0.29, 0.717) is 30.9 Å². The van der Waals surface area contributed by atoms with Crippen LogP contribution in [0.4, 0.5) is 0 Å². The van der Waals surface area contributed by atoms with Gasteiger partial charge in [-0.15, -0.1) is 5.10 Å². The van der Waals surface area contributed by atoms with Crippen molar-refractivity contribution in [3.05, 3.63) is 23.9 Å². The maximum absolute atomic E-state index is 11.4. The van der Waals surface area contributed by atoms with Crippen molar-refractivity contribution in [2.75, 3.05) is 0 Å². The van der Waals surface area contributed by atoms with Crippen LogP contribution in [0.2, 0.25) is 0 Å². The summed E-state index contributed by atoms with van der Waals surface area (Å²) >= 11 is 0. The summed E-state index contributed by atoms with van der Waals surface area (Å²) in [6, 6.07) is 5.60. The van der Waals surface area contributed by atoms with Crippen LogP contribution in [0.25, 0.3) is 11.5 Å². The Balaban J connectivity index is 1.93. The van der Waals surface area contributed by atoms with Crippen LogP contribution in [0.3, 0.4) is 0 Å². The molecular weight excluding hydrogens is 258 g/mol. The van der Waals surface area contributed by atoms with Crippen molar-refractivity contribution in [1.29, 1.82) is 0 Å². The van der Waals surface area contributed by atoms with Gasteiger partial charge in [0.15, 0.2) is 0 Å². The minimum absolute atomic E-state index is 0.292. The zero-order chi connectivity index (χ0) is 14.2. The standard InChI is InChI=1S/C13H15N5O2/c1-9-4-2-5-10(14-9)11-15-16-17-18(11)8-13(12(19)20)6-3-7-13/h2,4-5H,3,6-8H2,1H3,(H,19,20). The number of hydrogen-bond donors (Lipinski definition) is 1. The molecule has 0 aliphatic heterocycles. The molecule has 1 saturated carbocycles. The second-order valence-electron chi connectivity index (χ2n) is 5.26. The average molecular weight is 273 g/mol. The molecule has 20 heavy (non-hydrogen) atoms. The van der Waals surface area contributed by atoms with E-state index < -0.39 is 11.4 Å². The first-order valence-corrected chi connectivity index (χ1v) is 6.54. The Morgan fingerprint density at radius 2 is 2.25 bits per heavy atom. The molecule has 2 aromatic rings. The molecule has 0 unspecified atom stereocenters. The van der Waals surface area contributed by atoms with Crippen molar-refractivity contribution in [2.24, 2.45) is 5.41 Å². The third-order valence-electron chi connectivity index (χ3n) is 3.87. The third kappa shape index (κ3) is 2.04. The first-order chi connectivity index (χ1) is 9.61. The number of aromatic nitrogens is 5. The molecule has 2 heterocycles. The van der Waals surface area contributed by atoms with Crippen molar-refractivity contribution < 1.29 is 9.90 Å². The van der Waals surface area contributed by atoms with Gasteiger partial charge in [-0.05, 0) is 42.3 Å². The number of aliphatic carboxylic acids is 1. The predicted octanol–water partition coefficient (Wildman–Crippen LogP) is 1.30. The van der Waals surface area contributed by atoms with Crippen molar-refractivity contribution in [3.63, 3.8) is 0 Å². The lowest BCUT2D eigenvalue weighted by atomic mass is 9.69. The summed E-state index contributed by atoms with van der Waals surface area (Å²) < 4.78 is 1.55. The number of carboxylic acid groups (broad SMARTS) is 1. The molecule has 0 saturated heterocycles. The minimum Gasteiger partial charge on any atom is -0.481 e. The summed E-state index contributed by atoms with van der Waals surface area (Å²) in [5.41, 5.74) is 0.803. The van der Waals surface area contributed by atoms with Gasteiger partial charge in [0.25, 0.3) is 0 Å². The van der Waals surface area contributed by atoms with Crippen molar-refractivity contribution in [2.45, 2.75) is 32.7 Å². The summed E-state index contributed by atoms with van der Waals surface area (Å²) in [6.45, 7) is 2.18. The lowest BCUT2D eigenvalue weighted by Gasteiger charge is -2.37. The van der Waals surface area contributed by atoms with Crippen LogP contribution in [-0.4, -0.2) is 36.3 Å². The van der Waals surface area contributed by atoms with Crippen LogP contribution in [0, 0.1) is 12.3 Å². The number of tetrazole rings is 1. The fraction of sp³-hybridized carbons (Fsp3) is 0.462. The molecule has 7 heteroatoms. The maximum atomic E-state index is 11.4. The number of rotatable bonds is 4. The number of nitrogens with zero attached hydrogens (tertiary/aromatic N) is 5. The van der Waals surface area contributed by atoms with Crippen LogP contribution in [0.15, 0.2) is 18.2 Å². The number of hydrogen-bond acceptors (Lipinski definition) is 5. The van der Waals surface area contributed by atoms with Crippen molar-refractivity contribution >= 4 is 5.97 Å². The van der Waals surface area contributed by atoms with E-state index in [-0.39, 0.29) is 0 Å². The molecule has 0 spiro atoms. The van der Waals surface area contributed by atoms with E-state index in [1.807, 2.05) is 25.1 Å². The molecule has 1 aliphatic rings. The van der Waals surface area contributed by atoms with E-state index >= 15 is 0 Å². The highest BCUT2D eigenvalue weighted by Gasteiger charge is 2.45. The van der Waals surface area contributed by atoms with Crippen molar-refractivity contribution in [1.82, 2.24) is 25.2 Å². The molecule has 2 aromatic heterocycles. The van der Waals surface area contributed by atoms with Gasteiger partial charge >= 0.3 is 5.97 Å². The van der Waals surface area contributed by atoms with E-state index in [4.69, 9.17) is 0 Å². The largest absolute Gasteiger partial charge is 0.481 e. The molecule has 3 rings (SSSR count). The minimum atomic E-state index is -0.776. The van der Waals surface area contributed by atoms with Crippen molar-refractivity contribution in [3.8, 4) is 11.5 Å². The molecule has 0 radical (unpaired) electrons. The summed E-state index contributed by atoms with van der Waals surface area (Å²) in [5.74, 6) is -0.261. The number of carbonyl (C=O) groups is 1. The Bertz CT molecular complexity index is 648. The number of aryl methyl sites for hydroxylation is 1. The normalized spacial score (nSPS) is 16.6. The molecule has 1 N–H and O–H groups in total. The average Bonchev–Trinajstić information content (AvgIpc) is 2.81. The van der Waals surface area contributed by atoms with Gasteiger partial charge in [0.05, 0.1) is 12.0 Å². The molecule has 0 bridgehead atoms. The summed E-state index contributed by atoms with van der Waals surface area (Å²) in [6.07, 6.45) is 2.28. The topological polar surface area (TPSA) is 93.8 Å². The first-order valence-electron chi connectivity index (χ1n) is 6.54. The lowest BCUT2D eigenvalue weighted by Crippen LogP contribution is -2.42. The second-order valence-corrected chi connectivity index (χ2v) is 5.26. The van der Waals surface area contributed by atoms with Gasteiger partial charge in [-0.25, -0.2) is 9.67 Å². The predicted molar refractivity (Wildman–Crippen MR) is 69.7 cm³/mol. The number of pyridine rings is 1. The molecule has 1 aliphatic carbocycles. The zero-order valence-electron chi connectivity index (χ0n) is 11.2. The summed E-state index contributed by atoms with van der Waals surface area (Å²) in [4.78, 5) is 15.8. The Hall–Kier alpha value is -2.31. The maximum Gasteiger partial charge on any atom is 0.311 e. The Morgan fingerprint density at radius 1 is 1.45 bits per heavy atom. The van der Waals surface area contributed by atoms with E-state index in [1.165, 1.54) is 0 Å². The van der Waals surface area contributed by atoms with E-state index in [0.717, 1.165) is 12.1 Å². The highest BCUT2D eigenvalue weighted by Crippen LogP contribution is 2.42. The number of carboxylic acids is 1. The van der Waals surface area contributed by atoms with Crippen LogP contribution >= 0.6 is 0 Å². The lowest BCUT2D eigenvalue weighted by molar-refractivity contribution is -0.156. The molecular formula is C13H15N5O2. The van der Waals surface area contributed by atoms with Gasteiger partial charge in [0.1, 0.15) is 5.69 Å². The monoisotopic (exact) mass is 273 g/mol. The van der Waals surface area contributed by atoms with E-state index in [9.17, 15) is 9.90 Å². The summed E-state index contributed by atoms with van der Waals surface area (Å²) in [5, 5.41) is 21.0. The van der Waals surface area contributed by atoms with Gasteiger partial charge in [0, 0.05) is 5.69 Å². The molecule has 7 nitrogen and oxygen atoms in total. The quantitative estimate of drug-likeness (QED) is 0.902. The summed E-state index contributed by atoms with van der Waals surface area (Å²) in [7, 11) is 0. The molecule has 1 fully saturated rings. The van der Waals surface area contributed by atoms with Crippen LogP contribution in [-0.2, 0) is 11.3 Å². The van der Waals surface area contributed by atoms with Crippen LogP contribution < -0.4 is 0 Å². The van der Waals surface area contributed by atoms with Crippen LogP contribution in [0.1, 0.15) is 25.0 Å². The van der Waals surface area contributed by atoms with Gasteiger partial charge < -0.3 is 5.11 Å². The molecule has 104 valence electrons. The van der Waals surface area contributed by atoms with Gasteiger partial charge in [-0.2, -0.15) is 0 Å². The Kier molecular flexibility index (Phi) is 2.96. The SMILES string of the molecule is Cc1cccc(-c2nnnn2CC2(C(=O)O)CCC2)n1. The first kappa shape index (κ1) is 12.7. The smallest absolute Gasteiger partial charge is 0.311 e. The Morgan fingerprint density at radius 3 is 2.85 bits per heavy atom. The van der Waals surface area contributed by atoms with Gasteiger partial charge in [-0.3, -0.25) is 4.79 Å². The van der Waals surface area contributed by atoms with Gasteiger partial charge in [0.2, 0.25) is 5.82 Å². The highest BCUT2D eigenvalue weighted by molar-refractivity contribution is 5.75. The third-order valence-corrected chi connectivity index (χ3v) is 3.87. The second kappa shape index (κ2) is 4.66. The molecule has 0 aromatic carbocycles. The van der Waals surface area contributed by atoms with E-state index in [1.54, 1.807) is 4.68 Å². The zero-order valence-corrected chi connectivity index (χ0v) is 11.2. The van der Waals surface area contributed by atoms with Gasteiger partial charge in [-0.1, -0.05) is 12.5 Å². The fourth-order valence-corrected chi connectivity index (χ4v) is 2.49. The fourth-order valence-electron chi connectivity index (χ4n) is 2.49. The van der Waals surface area contributed by atoms with E-state index in [2.05, 4.69) is 20.5 Å². The van der Waals surface area contributed by atoms with Crippen LogP contribution in [0.5, 0.6) is 0 Å². The molecule has 0 atom stereocenters.